The summed E-state index contributed by atoms with van der Waals surface area (Å²) in [5.74, 6) is 0.908. The second-order valence-electron chi connectivity index (χ2n) is 7.66. The first kappa shape index (κ1) is 20.2. The summed E-state index contributed by atoms with van der Waals surface area (Å²) in [7, 11) is 1.67. The predicted molar refractivity (Wildman–Crippen MR) is 121 cm³/mol. The Balaban J connectivity index is 1.77. The molecule has 5 nitrogen and oxygen atoms in total. The maximum absolute atomic E-state index is 13.4. The fourth-order valence-electron chi connectivity index (χ4n) is 4.16. The summed E-state index contributed by atoms with van der Waals surface area (Å²) in [6.45, 7) is 8.65. The molecule has 1 aliphatic rings. The van der Waals surface area contributed by atoms with Gasteiger partial charge in [-0.2, -0.15) is 0 Å². The number of carbonyl (C=O) groups excluding carboxylic acids is 1. The topological polar surface area (TPSA) is 37.7 Å². The van der Waals surface area contributed by atoms with Gasteiger partial charge in [-0.25, -0.2) is 0 Å². The van der Waals surface area contributed by atoms with Crippen LogP contribution in [-0.2, 0) is 0 Å². The predicted octanol–water partition coefficient (Wildman–Crippen LogP) is 4.24. The molecule has 5 heteroatoms. The highest BCUT2D eigenvalue weighted by Gasteiger charge is 2.26. The zero-order valence-electron chi connectivity index (χ0n) is 18.0. The zero-order valence-corrected chi connectivity index (χ0v) is 18.0. The molecule has 1 saturated heterocycles. The van der Waals surface area contributed by atoms with Crippen LogP contribution >= 0.6 is 0 Å². The number of ether oxygens (including phenoxy) is 1. The first-order chi connectivity index (χ1) is 14.6. The number of carbonyl (C=O) groups is 1. The van der Waals surface area contributed by atoms with Crippen molar-refractivity contribution in [1.82, 2.24) is 14.4 Å². The molecule has 1 aromatic heterocycles. The van der Waals surface area contributed by atoms with Crippen molar-refractivity contribution in [2.75, 3.05) is 39.8 Å². The van der Waals surface area contributed by atoms with Crippen molar-refractivity contribution < 1.29 is 9.53 Å². The Hall–Kier alpha value is -3.05. The molecule has 0 unspecified atom stereocenters. The lowest BCUT2D eigenvalue weighted by atomic mass is 10.1. The molecule has 0 N–H and O–H groups in total. The highest BCUT2D eigenvalue weighted by molar-refractivity contribution is 5.97. The van der Waals surface area contributed by atoms with E-state index in [2.05, 4.69) is 34.6 Å². The van der Waals surface area contributed by atoms with Gasteiger partial charge in [0.25, 0.3) is 5.91 Å². The Morgan fingerprint density at radius 2 is 1.70 bits per heavy atom. The lowest BCUT2D eigenvalue weighted by Gasteiger charge is -2.34. The van der Waals surface area contributed by atoms with Crippen LogP contribution in [0.15, 0.2) is 60.7 Å². The number of aromatic nitrogens is 1. The zero-order chi connectivity index (χ0) is 21.1. The van der Waals surface area contributed by atoms with E-state index >= 15 is 0 Å². The molecule has 0 saturated carbocycles. The molecule has 0 atom stereocenters. The molecule has 30 heavy (non-hydrogen) atoms. The molecule has 4 rings (SSSR count). The number of rotatable bonds is 5. The van der Waals surface area contributed by atoms with Crippen molar-refractivity contribution in [3.05, 3.63) is 71.9 Å². The van der Waals surface area contributed by atoms with Crippen LogP contribution in [-0.4, -0.2) is 60.1 Å². The molecular weight excluding hydrogens is 374 g/mol. The fraction of sp³-hybridized carbons (Fsp3) is 0.320. The highest BCUT2D eigenvalue weighted by atomic mass is 16.5. The van der Waals surface area contributed by atoms with Crippen molar-refractivity contribution in [1.29, 1.82) is 0 Å². The van der Waals surface area contributed by atoms with E-state index in [0.29, 0.717) is 0 Å². The average Bonchev–Trinajstić information content (AvgIpc) is 3.16. The van der Waals surface area contributed by atoms with Crippen LogP contribution in [0.3, 0.4) is 0 Å². The Bertz CT molecular complexity index is 1020. The summed E-state index contributed by atoms with van der Waals surface area (Å²) in [4.78, 5) is 17.8. The summed E-state index contributed by atoms with van der Waals surface area (Å²) < 4.78 is 7.60. The van der Waals surface area contributed by atoms with Crippen LogP contribution in [0, 0.1) is 6.92 Å². The Labute approximate surface area is 178 Å². The standard InChI is InChI=1S/C25H29N3O2/c1-4-26-13-15-27(16-14-26)25(29)23-18-24(20-9-6-5-7-10-20)28(19(23)2)21-11-8-12-22(17-21)30-3/h5-12,17-18H,4,13-16H2,1-3H3. The second kappa shape index (κ2) is 8.76. The maximum Gasteiger partial charge on any atom is 0.255 e. The summed E-state index contributed by atoms with van der Waals surface area (Å²) >= 11 is 0. The van der Waals surface area contributed by atoms with Crippen LogP contribution in [0.2, 0.25) is 0 Å². The third kappa shape index (κ3) is 3.85. The minimum atomic E-state index is 0.113. The number of hydrogen-bond acceptors (Lipinski definition) is 3. The molecular formula is C25H29N3O2. The van der Waals surface area contributed by atoms with E-state index in [1.165, 1.54) is 0 Å². The van der Waals surface area contributed by atoms with E-state index in [0.717, 1.165) is 66.7 Å². The Kier molecular flexibility index (Phi) is 5.91. The third-order valence-corrected chi connectivity index (χ3v) is 5.97. The fourth-order valence-corrected chi connectivity index (χ4v) is 4.16. The van der Waals surface area contributed by atoms with E-state index in [9.17, 15) is 4.79 Å². The lowest BCUT2D eigenvalue weighted by molar-refractivity contribution is 0.0642. The van der Waals surface area contributed by atoms with Crippen molar-refractivity contribution in [2.24, 2.45) is 0 Å². The highest BCUT2D eigenvalue weighted by Crippen LogP contribution is 2.31. The van der Waals surface area contributed by atoms with Gasteiger partial charge in [-0.3, -0.25) is 4.79 Å². The second-order valence-corrected chi connectivity index (χ2v) is 7.66. The molecule has 1 aliphatic heterocycles. The molecule has 2 heterocycles. The number of piperazine rings is 1. The van der Waals surface area contributed by atoms with Gasteiger partial charge in [0.2, 0.25) is 0 Å². The van der Waals surface area contributed by atoms with E-state index in [1.54, 1.807) is 7.11 Å². The average molecular weight is 404 g/mol. The van der Waals surface area contributed by atoms with Crippen LogP contribution in [0.1, 0.15) is 23.0 Å². The molecule has 0 aliphatic carbocycles. The van der Waals surface area contributed by atoms with Crippen LogP contribution in [0.5, 0.6) is 5.75 Å². The lowest BCUT2D eigenvalue weighted by Crippen LogP contribution is -2.48. The number of nitrogens with zero attached hydrogens (tertiary/aromatic N) is 3. The van der Waals surface area contributed by atoms with E-state index in [1.807, 2.05) is 54.3 Å². The SMILES string of the molecule is CCN1CCN(C(=O)c2cc(-c3ccccc3)n(-c3cccc(OC)c3)c2C)CC1. The minimum absolute atomic E-state index is 0.113. The van der Waals surface area contributed by atoms with Crippen LogP contribution in [0.25, 0.3) is 16.9 Å². The van der Waals surface area contributed by atoms with E-state index in [-0.39, 0.29) is 5.91 Å². The quantitative estimate of drug-likeness (QED) is 0.640. The molecule has 0 bridgehead atoms. The largest absolute Gasteiger partial charge is 0.497 e. The Morgan fingerprint density at radius 3 is 2.37 bits per heavy atom. The minimum Gasteiger partial charge on any atom is -0.497 e. The van der Waals surface area contributed by atoms with Gasteiger partial charge >= 0.3 is 0 Å². The summed E-state index contributed by atoms with van der Waals surface area (Å²) in [6.07, 6.45) is 0. The normalized spacial score (nSPS) is 14.7. The molecule has 2 aromatic carbocycles. The molecule has 0 spiro atoms. The molecule has 156 valence electrons. The third-order valence-electron chi connectivity index (χ3n) is 5.97. The van der Waals surface area contributed by atoms with Crippen molar-refractivity contribution in [3.8, 4) is 22.7 Å². The summed E-state index contributed by atoms with van der Waals surface area (Å²) in [6, 6.07) is 20.2. The van der Waals surface area contributed by atoms with Gasteiger partial charge in [-0.1, -0.05) is 43.3 Å². The van der Waals surface area contributed by atoms with Gasteiger partial charge in [-0.05, 0) is 37.2 Å². The van der Waals surface area contributed by atoms with E-state index in [4.69, 9.17) is 4.74 Å². The maximum atomic E-state index is 13.4. The molecule has 1 amide bonds. The van der Waals surface area contributed by atoms with Gasteiger partial charge < -0.3 is 19.1 Å². The monoisotopic (exact) mass is 403 g/mol. The van der Waals surface area contributed by atoms with Gasteiger partial charge in [0.05, 0.1) is 18.4 Å². The number of likely N-dealkylation sites (N-methyl/N-ethyl adjacent to an activating group) is 1. The molecule has 0 radical (unpaired) electrons. The van der Waals surface area contributed by atoms with Crippen molar-refractivity contribution in [2.45, 2.75) is 13.8 Å². The number of methoxy groups -OCH3 is 1. The Morgan fingerprint density at radius 1 is 0.967 bits per heavy atom. The molecule has 3 aromatic rings. The van der Waals surface area contributed by atoms with Gasteiger partial charge in [0.1, 0.15) is 5.75 Å². The summed E-state index contributed by atoms with van der Waals surface area (Å²) in [5.41, 5.74) is 4.79. The van der Waals surface area contributed by atoms with Gasteiger partial charge in [0, 0.05) is 43.6 Å². The number of benzene rings is 2. The smallest absolute Gasteiger partial charge is 0.255 e. The van der Waals surface area contributed by atoms with E-state index < -0.39 is 0 Å². The summed E-state index contributed by atoms with van der Waals surface area (Å²) in [5, 5.41) is 0. The van der Waals surface area contributed by atoms with Crippen molar-refractivity contribution >= 4 is 5.91 Å². The first-order valence-electron chi connectivity index (χ1n) is 10.6. The van der Waals surface area contributed by atoms with Crippen LogP contribution < -0.4 is 4.74 Å². The van der Waals surface area contributed by atoms with Crippen molar-refractivity contribution in [3.63, 3.8) is 0 Å². The van der Waals surface area contributed by atoms with Gasteiger partial charge in [-0.15, -0.1) is 0 Å². The first-order valence-corrected chi connectivity index (χ1v) is 10.6. The number of hydrogen-bond donors (Lipinski definition) is 0. The van der Waals surface area contributed by atoms with Crippen LogP contribution in [0.4, 0.5) is 0 Å². The molecule has 1 fully saturated rings. The number of amides is 1. The van der Waals surface area contributed by atoms with Gasteiger partial charge in [0.15, 0.2) is 0 Å².